The Kier molecular flexibility index (Phi) is 7.51. The number of pyridine rings is 1. The van der Waals surface area contributed by atoms with Crippen LogP contribution in [-0.2, 0) is 15.9 Å². The summed E-state index contributed by atoms with van der Waals surface area (Å²) >= 11 is 0. The van der Waals surface area contributed by atoms with Gasteiger partial charge < -0.3 is 14.6 Å². The number of aromatic nitrogens is 1. The summed E-state index contributed by atoms with van der Waals surface area (Å²) in [5.74, 6) is -0.856. The molecule has 0 aliphatic heterocycles. The number of ether oxygens (including phenoxy) is 2. The number of benzene rings is 1. The molecule has 0 fully saturated rings. The van der Waals surface area contributed by atoms with Gasteiger partial charge in [0.1, 0.15) is 11.3 Å². The maximum atomic E-state index is 12.1. The molecule has 0 amide bonds. The lowest BCUT2D eigenvalue weighted by molar-refractivity contribution is 0.00692. The lowest BCUT2D eigenvalue weighted by Crippen LogP contribution is -2.23. The van der Waals surface area contributed by atoms with Crippen molar-refractivity contribution in [3.8, 4) is 0 Å². The molecular weight excluding hydrogens is 370 g/mol. The Morgan fingerprint density at radius 2 is 1.76 bits per heavy atom. The molecule has 1 aromatic heterocycles. The largest absolute Gasteiger partial charge is 0.461 e. The van der Waals surface area contributed by atoms with Crippen LogP contribution in [0.25, 0.3) is 0 Å². The maximum Gasteiger partial charge on any atom is 0.356 e. The number of carbonyl (C=O) groups is 2. The quantitative estimate of drug-likeness (QED) is 0.703. The second-order valence-corrected chi connectivity index (χ2v) is 7.90. The summed E-state index contributed by atoms with van der Waals surface area (Å²) in [6.45, 7) is 9.26. The van der Waals surface area contributed by atoms with Crippen molar-refractivity contribution in [2.45, 2.75) is 59.2 Å². The maximum absolute atomic E-state index is 12.1. The van der Waals surface area contributed by atoms with Gasteiger partial charge in [0.05, 0.1) is 18.3 Å². The molecule has 2 rings (SSSR count). The van der Waals surface area contributed by atoms with Gasteiger partial charge in [-0.05, 0) is 82.9 Å². The van der Waals surface area contributed by atoms with Gasteiger partial charge in [0, 0.05) is 5.69 Å². The van der Waals surface area contributed by atoms with E-state index in [0.717, 1.165) is 5.56 Å². The Labute approximate surface area is 171 Å². The van der Waals surface area contributed by atoms with E-state index < -0.39 is 17.7 Å². The number of aliphatic hydroxyl groups is 1. The highest BCUT2D eigenvalue weighted by atomic mass is 16.6. The first-order chi connectivity index (χ1) is 13.6. The predicted molar refractivity (Wildman–Crippen MR) is 110 cm³/mol. The summed E-state index contributed by atoms with van der Waals surface area (Å²) in [7, 11) is 0. The number of rotatable bonds is 7. The third-order valence-electron chi connectivity index (χ3n) is 4.14. The van der Waals surface area contributed by atoms with Crippen molar-refractivity contribution in [2.75, 3.05) is 6.61 Å². The average Bonchev–Trinajstić information content (AvgIpc) is 2.64. The van der Waals surface area contributed by atoms with E-state index in [0.29, 0.717) is 29.7 Å². The standard InChI is InChI=1S/C23H29NO5/c1-6-28-22(27)19-14-18(13-15(2)24-19)20(25)12-9-16-7-10-17(11-8-16)21(26)29-23(3,4)5/h7-8,10-11,13-14,20,25H,6,9,12H2,1-5H3. The minimum absolute atomic E-state index is 0.197. The van der Waals surface area contributed by atoms with E-state index in [9.17, 15) is 14.7 Å². The smallest absolute Gasteiger partial charge is 0.356 e. The molecule has 0 spiro atoms. The average molecular weight is 399 g/mol. The molecular formula is C23H29NO5. The second kappa shape index (κ2) is 9.65. The molecule has 0 aliphatic rings. The predicted octanol–water partition coefficient (Wildman–Crippen LogP) is 4.19. The summed E-state index contributed by atoms with van der Waals surface area (Å²) in [5.41, 5.74) is 2.42. The number of aryl methyl sites for hydroxylation is 2. The highest BCUT2D eigenvalue weighted by Gasteiger charge is 2.18. The van der Waals surface area contributed by atoms with Crippen LogP contribution in [-0.4, -0.2) is 34.2 Å². The number of nitrogens with zero attached hydrogens (tertiary/aromatic N) is 1. The fraction of sp³-hybridized carbons (Fsp3) is 0.435. The van der Waals surface area contributed by atoms with E-state index in [1.807, 2.05) is 32.9 Å². The van der Waals surface area contributed by atoms with Crippen LogP contribution in [0.5, 0.6) is 0 Å². The number of hydrogen-bond acceptors (Lipinski definition) is 6. The van der Waals surface area contributed by atoms with Crippen molar-refractivity contribution < 1.29 is 24.2 Å². The Hall–Kier alpha value is -2.73. The van der Waals surface area contributed by atoms with Crippen LogP contribution < -0.4 is 0 Å². The van der Waals surface area contributed by atoms with E-state index in [-0.39, 0.29) is 18.3 Å². The third kappa shape index (κ3) is 6.98. The monoisotopic (exact) mass is 399 g/mol. The van der Waals surface area contributed by atoms with Gasteiger partial charge in [-0.25, -0.2) is 14.6 Å². The Bertz CT molecular complexity index is 853. The first kappa shape index (κ1) is 22.6. The first-order valence-electron chi connectivity index (χ1n) is 9.75. The zero-order chi connectivity index (χ0) is 21.6. The molecule has 1 N–H and O–H groups in total. The molecule has 1 unspecified atom stereocenters. The number of hydrogen-bond donors (Lipinski definition) is 1. The molecule has 0 radical (unpaired) electrons. The van der Waals surface area contributed by atoms with Gasteiger partial charge in [-0.15, -0.1) is 0 Å². The van der Waals surface area contributed by atoms with E-state index in [2.05, 4.69) is 4.98 Å². The first-order valence-corrected chi connectivity index (χ1v) is 9.75. The van der Waals surface area contributed by atoms with Crippen molar-refractivity contribution in [3.05, 3.63) is 64.5 Å². The lowest BCUT2D eigenvalue weighted by atomic mass is 10.00. The summed E-state index contributed by atoms with van der Waals surface area (Å²) in [6.07, 6.45) is 0.346. The van der Waals surface area contributed by atoms with Gasteiger partial charge in [0.2, 0.25) is 0 Å². The molecule has 1 heterocycles. The van der Waals surface area contributed by atoms with Crippen molar-refractivity contribution in [2.24, 2.45) is 0 Å². The van der Waals surface area contributed by atoms with Crippen LogP contribution in [0, 0.1) is 6.92 Å². The molecule has 0 bridgehead atoms. The molecule has 29 heavy (non-hydrogen) atoms. The fourth-order valence-electron chi connectivity index (χ4n) is 2.81. The zero-order valence-corrected chi connectivity index (χ0v) is 17.7. The van der Waals surface area contributed by atoms with Gasteiger partial charge in [0.25, 0.3) is 0 Å². The van der Waals surface area contributed by atoms with Gasteiger partial charge >= 0.3 is 11.9 Å². The topological polar surface area (TPSA) is 85.7 Å². The highest BCUT2D eigenvalue weighted by molar-refractivity contribution is 5.89. The summed E-state index contributed by atoms with van der Waals surface area (Å²) in [4.78, 5) is 28.2. The minimum atomic E-state index is -0.740. The Morgan fingerprint density at radius 3 is 2.34 bits per heavy atom. The van der Waals surface area contributed by atoms with Crippen LogP contribution in [0.2, 0.25) is 0 Å². The molecule has 1 aromatic carbocycles. The molecule has 6 heteroatoms. The molecule has 6 nitrogen and oxygen atoms in total. The van der Waals surface area contributed by atoms with Crippen molar-refractivity contribution in [1.29, 1.82) is 0 Å². The second-order valence-electron chi connectivity index (χ2n) is 7.90. The van der Waals surface area contributed by atoms with Crippen molar-refractivity contribution >= 4 is 11.9 Å². The van der Waals surface area contributed by atoms with Gasteiger partial charge in [-0.3, -0.25) is 0 Å². The van der Waals surface area contributed by atoms with Crippen LogP contribution in [0.4, 0.5) is 0 Å². The Morgan fingerprint density at radius 1 is 1.10 bits per heavy atom. The lowest BCUT2D eigenvalue weighted by Gasteiger charge is -2.19. The van der Waals surface area contributed by atoms with E-state index in [1.54, 1.807) is 38.1 Å². The van der Waals surface area contributed by atoms with Crippen LogP contribution in [0.1, 0.15) is 77.9 Å². The molecule has 2 aromatic rings. The fourth-order valence-corrected chi connectivity index (χ4v) is 2.81. The minimum Gasteiger partial charge on any atom is -0.461 e. The molecule has 0 aliphatic carbocycles. The zero-order valence-electron chi connectivity index (χ0n) is 17.7. The molecule has 156 valence electrons. The third-order valence-corrected chi connectivity index (χ3v) is 4.14. The SMILES string of the molecule is CCOC(=O)c1cc(C(O)CCc2ccc(C(=O)OC(C)(C)C)cc2)cc(C)n1. The van der Waals surface area contributed by atoms with E-state index in [1.165, 1.54) is 0 Å². The van der Waals surface area contributed by atoms with Crippen molar-refractivity contribution in [3.63, 3.8) is 0 Å². The van der Waals surface area contributed by atoms with E-state index >= 15 is 0 Å². The van der Waals surface area contributed by atoms with Gasteiger partial charge in [-0.1, -0.05) is 12.1 Å². The number of carbonyl (C=O) groups excluding carboxylic acids is 2. The molecule has 0 saturated heterocycles. The van der Waals surface area contributed by atoms with Gasteiger partial charge in [0.15, 0.2) is 0 Å². The number of esters is 2. The van der Waals surface area contributed by atoms with Crippen molar-refractivity contribution in [1.82, 2.24) is 4.98 Å². The van der Waals surface area contributed by atoms with Crippen LogP contribution in [0.15, 0.2) is 36.4 Å². The summed E-state index contributed by atoms with van der Waals surface area (Å²) in [6, 6.07) is 10.5. The van der Waals surface area contributed by atoms with Crippen LogP contribution >= 0.6 is 0 Å². The molecule has 0 saturated carbocycles. The normalized spacial score (nSPS) is 12.3. The Balaban J connectivity index is 2.01. The number of aliphatic hydroxyl groups excluding tert-OH is 1. The summed E-state index contributed by atoms with van der Waals surface area (Å²) < 4.78 is 10.3. The van der Waals surface area contributed by atoms with E-state index in [4.69, 9.17) is 9.47 Å². The summed E-state index contributed by atoms with van der Waals surface area (Å²) in [5, 5.41) is 10.6. The molecule has 1 atom stereocenters. The van der Waals surface area contributed by atoms with Crippen LogP contribution in [0.3, 0.4) is 0 Å². The van der Waals surface area contributed by atoms with Gasteiger partial charge in [-0.2, -0.15) is 0 Å². The highest BCUT2D eigenvalue weighted by Crippen LogP contribution is 2.21.